The molecule has 87 heavy (non-hydrogen) atoms. The van der Waals surface area contributed by atoms with Crippen molar-refractivity contribution in [1.29, 1.82) is 0 Å². The van der Waals surface area contributed by atoms with Crippen molar-refractivity contribution in [2.45, 2.75) is 6.92 Å². The van der Waals surface area contributed by atoms with Crippen LogP contribution in [0, 0.1) is 147 Å². The van der Waals surface area contributed by atoms with E-state index in [0.29, 0.717) is 31.2 Å². The maximum absolute atomic E-state index is 16.2. The first kappa shape index (κ1) is 57.5. The highest BCUT2D eigenvalue weighted by Crippen LogP contribution is 2.46. The third-order valence-corrected chi connectivity index (χ3v) is 14.7. The minimum absolute atomic E-state index is 0.347. The molecule has 2 nitrogen and oxygen atoms in total. The van der Waals surface area contributed by atoms with Crippen LogP contribution in [-0.4, -0.2) is 9.13 Å². The van der Waals surface area contributed by atoms with E-state index in [2.05, 4.69) is 0 Å². The van der Waals surface area contributed by atoms with Gasteiger partial charge in [-0.1, -0.05) is 24.3 Å². The largest absolute Gasteiger partial charge is 0.309 e. The maximum atomic E-state index is 16.2. The number of halogens is 24. The van der Waals surface area contributed by atoms with Gasteiger partial charge < -0.3 is 9.13 Å². The smallest absolute Gasteiger partial charge is 0.200 e. The van der Waals surface area contributed by atoms with E-state index in [1.165, 1.54) is 0 Å². The van der Waals surface area contributed by atoms with E-state index in [4.69, 9.17) is 0 Å². The summed E-state index contributed by atoms with van der Waals surface area (Å²) in [4.78, 5) is 0. The van der Waals surface area contributed by atoms with Crippen molar-refractivity contribution in [3.8, 4) is 67.0 Å². The van der Waals surface area contributed by atoms with Gasteiger partial charge in [0.05, 0.1) is 49.9 Å². The monoisotopic (exact) mass is 1230 g/mol. The van der Waals surface area contributed by atoms with E-state index < -0.39 is 245 Å². The molecule has 12 rings (SSSR count). The fourth-order valence-electron chi connectivity index (χ4n) is 10.7. The van der Waals surface area contributed by atoms with Gasteiger partial charge in [0.2, 0.25) is 23.3 Å². The van der Waals surface area contributed by atoms with Crippen LogP contribution < -0.4 is 0 Å². The summed E-state index contributed by atoms with van der Waals surface area (Å²) in [7, 11) is 0. The lowest BCUT2D eigenvalue weighted by Crippen LogP contribution is -2.06. The molecule has 26 heteroatoms. The average molecular weight is 1230 g/mol. The first-order valence-electron chi connectivity index (χ1n) is 24.3. The van der Waals surface area contributed by atoms with Gasteiger partial charge in [-0.3, -0.25) is 0 Å². The molecule has 0 unspecified atom stereocenters. The van der Waals surface area contributed by atoms with Gasteiger partial charge >= 0.3 is 0 Å². The Hall–Kier alpha value is -9.88. The predicted octanol–water partition coefficient (Wildman–Crippen LogP) is 19.9. The summed E-state index contributed by atoms with van der Waals surface area (Å²) in [5.41, 5.74) is -15.9. The molecule has 0 radical (unpaired) electrons. The zero-order valence-electron chi connectivity index (χ0n) is 42.1. The fraction of sp³-hybridized carbons (Fsp3) is 0.0164. The quantitative estimate of drug-likeness (QED) is 0.0855. The molecule has 0 bridgehead atoms. The average Bonchev–Trinajstić information content (AvgIpc) is 1.77. The second-order valence-corrected chi connectivity index (χ2v) is 19.4. The van der Waals surface area contributed by atoms with Gasteiger partial charge in [-0.05, 0) is 101 Å². The number of nitrogens with zero attached hydrogens (tertiary/aromatic N) is 2. The van der Waals surface area contributed by atoms with Crippen molar-refractivity contribution in [3.05, 3.63) is 236 Å². The lowest BCUT2D eigenvalue weighted by atomic mass is 9.98. The Labute approximate surface area is 467 Å². The Balaban J connectivity index is 1.22. The van der Waals surface area contributed by atoms with Crippen molar-refractivity contribution in [2.75, 3.05) is 0 Å². The van der Waals surface area contributed by atoms with Crippen molar-refractivity contribution in [2.24, 2.45) is 0 Å². The molecule has 0 saturated carbocycles. The van der Waals surface area contributed by atoms with Crippen LogP contribution in [0.15, 0.2) is 91.0 Å². The number of benzene rings is 10. The second-order valence-electron chi connectivity index (χ2n) is 19.4. The number of hydrogen-bond donors (Lipinski definition) is 0. The van der Waals surface area contributed by atoms with Gasteiger partial charge in [0, 0.05) is 38.5 Å². The predicted molar refractivity (Wildman–Crippen MR) is 266 cm³/mol. The molecule has 0 N–H and O–H groups in total. The fourth-order valence-corrected chi connectivity index (χ4v) is 10.7. The van der Waals surface area contributed by atoms with Gasteiger partial charge in [-0.15, -0.1) is 0 Å². The Morgan fingerprint density at radius 2 is 0.379 bits per heavy atom. The molecule has 2 aromatic heterocycles. The summed E-state index contributed by atoms with van der Waals surface area (Å²) >= 11 is 0. The molecular weight excluding hydrogens is 1220 g/mol. The minimum Gasteiger partial charge on any atom is -0.309 e. The van der Waals surface area contributed by atoms with Crippen LogP contribution in [0.4, 0.5) is 105 Å². The summed E-state index contributed by atoms with van der Waals surface area (Å²) in [6, 6.07) is 11.9. The van der Waals surface area contributed by atoms with Crippen molar-refractivity contribution >= 4 is 43.6 Å². The second kappa shape index (κ2) is 20.1. The van der Waals surface area contributed by atoms with E-state index in [1.54, 1.807) is 0 Å². The molecule has 10 aromatic carbocycles. The Bertz CT molecular complexity index is 4440. The van der Waals surface area contributed by atoms with Gasteiger partial charge in [0.25, 0.3) is 0 Å². The summed E-state index contributed by atoms with van der Waals surface area (Å²) in [5, 5.41) is -1.85. The molecule has 0 fully saturated rings. The van der Waals surface area contributed by atoms with Gasteiger partial charge in [-0.25, -0.2) is 105 Å². The molecule has 0 spiro atoms. The Morgan fingerprint density at radius 1 is 0.195 bits per heavy atom. The zero-order chi connectivity index (χ0) is 62.7. The summed E-state index contributed by atoms with van der Waals surface area (Å²) in [5.74, 6) is -57.4. The molecular formula is C61H18F24N2. The molecule has 440 valence electrons. The molecule has 0 atom stereocenters. The SMILES string of the molecule is Cc1c(F)c(F)c(-c2ccc3c(c2)c2cc(-c4c(F)c(F)c(F)c(F)c4F)ccc2n3-c2cc(-c3c(F)c(F)c(F)c(F)c3F)cc(-n3c4ccc(-c5c(F)c(F)c(F)c(F)c5F)cc4c4cc(-c5c(F)c(F)c(F)c(F)c5F)ccc43)c2)c(F)c1F. The van der Waals surface area contributed by atoms with Crippen LogP contribution in [-0.2, 0) is 0 Å². The maximum Gasteiger partial charge on any atom is 0.200 e. The highest BCUT2D eigenvalue weighted by Gasteiger charge is 2.34. The molecule has 0 aliphatic rings. The first-order chi connectivity index (χ1) is 41.1. The minimum atomic E-state index is -2.68. The van der Waals surface area contributed by atoms with Crippen LogP contribution >= 0.6 is 0 Å². The lowest BCUT2D eigenvalue weighted by molar-refractivity contribution is 0.381. The number of rotatable bonds is 7. The molecule has 0 amide bonds. The highest BCUT2D eigenvalue weighted by molar-refractivity contribution is 6.13. The van der Waals surface area contributed by atoms with Gasteiger partial charge in [0.15, 0.2) is 116 Å². The Morgan fingerprint density at radius 3 is 0.598 bits per heavy atom. The van der Waals surface area contributed by atoms with Gasteiger partial charge in [-0.2, -0.15) is 0 Å². The van der Waals surface area contributed by atoms with Crippen LogP contribution in [0.1, 0.15) is 5.56 Å². The topological polar surface area (TPSA) is 9.86 Å². The van der Waals surface area contributed by atoms with Crippen molar-refractivity contribution in [3.63, 3.8) is 0 Å². The third-order valence-electron chi connectivity index (χ3n) is 14.7. The van der Waals surface area contributed by atoms with Crippen LogP contribution in [0.3, 0.4) is 0 Å². The first-order valence-corrected chi connectivity index (χ1v) is 24.3. The summed E-state index contributed by atoms with van der Waals surface area (Å²) < 4.78 is 366. The molecule has 0 aliphatic carbocycles. The molecule has 12 aromatic rings. The summed E-state index contributed by atoms with van der Waals surface area (Å²) in [6.45, 7) is 0.683. The normalized spacial score (nSPS) is 12.0. The van der Waals surface area contributed by atoms with Gasteiger partial charge in [0.1, 0.15) is 0 Å². The lowest BCUT2D eigenvalue weighted by Gasteiger charge is -2.17. The van der Waals surface area contributed by atoms with E-state index >= 15 is 61.5 Å². The van der Waals surface area contributed by atoms with E-state index in [-0.39, 0.29) is 11.0 Å². The third kappa shape index (κ3) is 8.18. The van der Waals surface area contributed by atoms with Crippen molar-refractivity contribution in [1.82, 2.24) is 9.13 Å². The van der Waals surface area contributed by atoms with Crippen molar-refractivity contribution < 1.29 is 105 Å². The summed E-state index contributed by atoms with van der Waals surface area (Å²) in [6.07, 6.45) is 0. The molecule has 0 aliphatic heterocycles. The Kier molecular flexibility index (Phi) is 13.3. The highest BCUT2D eigenvalue weighted by atomic mass is 19.2. The van der Waals surface area contributed by atoms with Crippen LogP contribution in [0.5, 0.6) is 0 Å². The van der Waals surface area contributed by atoms with E-state index in [1.807, 2.05) is 0 Å². The number of aromatic nitrogens is 2. The van der Waals surface area contributed by atoms with Crippen LogP contribution in [0.2, 0.25) is 0 Å². The standard InChI is InChI=1S/C61H18F24N2/c1-17-38(62)40(64)33(41(65)39(17)63)18-2-6-29-25(12-18)26-13-19(34-42(66)50(74)58(82)51(75)43(34)67)3-7-30(26)86(29)23-10-22(37-48(72)56(80)61(85)57(81)49(37)73)11-24(16-23)87-31-8-4-20(35-44(68)52(76)59(83)53(77)45(35)69)14-27(31)28-15-21(5-9-32(28)87)36-46(70)54(78)60(84)55(79)47(36)71/h2-16H,1H3. The molecule has 0 saturated heterocycles. The number of hydrogen-bond acceptors (Lipinski definition) is 0. The zero-order valence-corrected chi connectivity index (χ0v) is 42.1. The van der Waals surface area contributed by atoms with E-state index in [0.717, 1.165) is 75.9 Å². The van der Waals surface area contributed by atoms with Crippen LogP contribution in [0.25, 0.3) is 111 Å². The van der Waals surface area contributed by atoms with E-state index in [9.17, 15) is 43.9 Å². The number of fused-ring (bicyclic) bond motifs is 6. The molecule has 2 heterocycles.